The van der Waals surface area contributed by atoms with Gasteiger partial charge in [-0.1, -0.05) is 43.2 Å². The zero-order chi connectivity index (χ0) is 32.7. The molecule has 1 aliphatic heterocycles. The van der Waals surface area contributed by atoms with Gasteiger partial charge in [-0.15, -0.1) is 0 Å². The molecular weight excluding hydrogens is 578 g/mol. The first kappa shape index (κ1) is 33.7. The molecule has 12 heteroatoms. The normalized spacial score (nSPS) is 16.4. The van der Waals surface area contributed by atoms with Crippen molar-refractivity contribution in [1.29, 1.82) is 0 Å². The van der Waals surface area contributed by atoms with Crippen molar-refractivity contribution in [3.63, 3.8) is 0 Å². The fourth-order valence-corrected chi connectivity index (χ4v) is 5.58. The Labute approximate surface area is 264 Å². The van der Waals surface area contributed by atoms with Gasteiger partial charge in [0.2, 0.25) is 5.91 Å². The summed E-state index contributed by atoms with van der Waals surface area (Å²) in [6.07, 6.45) is 2.83. The van der Waals surface area contributed by atoms with Crippen molar-refractivity contribution >= 4 is 23.9 Å². The molecule has 1 saturated carbocycles. The van der Waals surface area contributed by atoms with Crippen molar-refractivity contribution in [3.05, 3.63) is 41.7 Å². The van der Waals surface area contributed by atoms with Crippen molar-refractivity contribution in [1.82, 2.24) is 25.1 Å². The first-order valence-electron chi connectivity index (χ1n) is 15.8. The number of aromatic nitrogens is 2. The first-order chi connectivity index (χ1) is 21.3. The minimum absolute atomic E-state index is 0.00899. The summed E-state index contributed by atoms with van der Waals surface area (Å²) in [5.74, 6) is -1.65. The van der Waals surface area contributed by atoms with Gasteiger partial charge in [0.25, 0.3) is 5.91 Å². The monoisotopic (exact) mass is 623 g/mol. The van der Waals surface area contributed by atoms with E-state index in [0.29, 0.717) is 17.1 Å². The van der Waals surface area contributed by atoms with E-state index in [1.807, 2.05) is 30.3 Å². The van der Waals surface area contributed by atoms with Gasteiger partial charge in [0.05, 0.1) is 11.8 Å². The lowest BCUT2D eigenvalue weighted by Gasteiger charge is -2.36. The minimum Gasteiger partial charge on any atom is -0.504 e. The first-order valence-corrected chi connectivity index (χ1v) is 15.8. The molecule has 2 heterocycles. The zero-order valence-corrected chi connectivity index (χ0v) is 26.9. The van der Waals surface area contributed by atoms with Crippen LogP contribution in [0.15, 0.2) is 30.3 Å². The number of nitrogens with one attached hydrogen (secondary N) is 1. The molecule has 0 unspecified atom stereocenters. The van der Waals surface area contributed by atoms with Crippen LogP contribution in [0.5, 0.6) is 5.75 Å². The third kappa shape index (κ3) is 9.15. The molecule has 0 bridgehead atoms. The van der Waals surface area contributed by atoms with Gasteiger partial charge < -0.3 is 29.7 Å². The number of nitrogens with zero attached hydrogens (tertiary/aromatic N) is 4. The Morgan fingerprint density at radius 1 is 0.978 bits per heavy atom. The van der Waals surface area contributed by atoms with E-state index < -0.39 is 35.5 Å². The van der Waals surface area contributed by atoms with Crippen molar-refractivity contribution in [2.45, 2.75) is 96.8 Å². The summed E-state index contributed by atoms with van der Waals surface area (Å²) in [6.45, 7) is 9.79. The number of carbonyl (C=O) groups is 4. The number of hydrogen-bond donors (Lipinski definition) is 2. The van der Waals surface area contributed by atoms with E-state index in [-0.39, 0.29) is 62.5 Å². The summed E-state index contributed by atoms with van der Waals surface area (Å²) in [6, 6.07) is 8.10. The molecule has 12 nitrogen and oxygen atoms in total. The lowest BCUT2D eigenvalue weighted by Crippen LogP contribution is -2.56. The van der Waals surface area contributed by atoms with Crippen LogP contribution in [-0.2, 0) is 19.1 Å². The Morgan fingerprint density at radius 3 is 2.20 bits per heavy atom. The number of ether oxygens (including phenoxy) is 2. The largest absolute Gasteiger partial charge is 0.504 e. The lowest BCUT2D eigenvalue weighted by atomic mass is 10.0. The summed E-state index contributed by atoms with van der Waals surface area (Å²) in [5, 5.41) is 14.0. The highest BCUT2D eigenvalue weighted by atomic mass is 16.6. The average Bonchev–Trinajstić information content (AvgIpc) is 3.53. The SMILES string of the molecule is CC(C)OC(=O)N1CCN(C(=O)[C@H](CCC(=O)OC(C)(C)C)NC(=O)c2nc(-c3ccccc3)nc(C3CCCC3)c2O)CC1. The number of aromatic hydroxyl groups is 1. The predicted octanol–water partition coefficient (Wildman–Crippen LogP) is 4.42. The van der Waals surface area contributed by atoms with Crippen molar-refractivity contribution in [3.8, 4) is 17.1 Å². The van der Waals surface area contributed by atoms with Crippen LogP contribution in [0.3, 0.4) is 0 Å². The Morgan fingerprint density at radius 2 is 1.60 bits per heavy atom. The van der Waals surface area contributed by atoms with E-state index in [4.69, 9.17) is 9.47 Å². The van der Waals surface area contributed by atoms with Crippen LogP contribution in [-0.4, -0.2) is 92.7 Å². The number of rotatable bonds is 9. The zero-order valence-electron chi connectivity index (χ0n) is 26.9. The topological polar surface area (TPSA) is 151 Å². The van der Waals surface area contributed by atoms with Crippen LogP contribution in [0, 0.1) is 0 Å². The van der Waals surface area contributed by atoms with E-state index in [1.165, 1.54) is 4.90 Å². The van der Waals surface area contributed by atoms with Crippen LogP contribution in [0.1, 0.15) is 95.2 Å². The Hall–Kier alpha value is -4.22. The van der Waals surface area contributed by atoms with E-state index in [9.17, 15) is 24.3 Å². The van der Waals surface area contributed by atoms with E-state index in [2.05, 4.69) is 15.3 Å². The molecule has 2 aromatic rings. The predicted molar refractivity (Wildman–Crippen MR) is 166 cm³/mol. The number of esters is 1. The number of hydrogen-bond acceptors (Lipinski definition) is 9. The van der Waals surface area contributed by atoms with E-state index in [0.717, 1.165) is 25.7 Å². The standard InChI is InChI=1S/C33H45N5O7/c1-21(2)44-32(43)38-19-17-37(18-20-38)31(42)24(15-16-25(39)45-33(3,4)5)34-30(41)27-28(40)26(22-11-9-10-12-22)35-29(36-27)23-13-7-6-8-14-23/h6-8,13-14,21-22,24,40H,9-12,15-20H2,1-5H3,(H,34,41)/t24-/m0/s1. The van der Waals surface area contributed by atoms with Crippen LogP contribution >= 0.6 is 0 Å². The number of carbonyl (C=O) groups excluding carboxylic acids is 4. The summed E-state index contributed by atoms with van der Waals surface area (Å²) in [4.78, 5) is 64.8. The Balaban J connectivity index is 1.58. The van der Waals surface area contributed by atoms with Gasteiger partial charge in [-0.3, -0.25) is 14.4 Å². The van der Waals surface area contributed by atoms with E-state index in [1.54, 1.807) is 39.5 Å². The fraction of sp³-hybridized carbons (Fsp3) is 0.576. The highest BCUT2D eigenvalue weighted by molar-refractivity contribution is 5.98. The van der Waals surface area contributed by atoms with Crippen molar-refractivity contribution in [2.24, 2.45) is 0 Å². The third-order valence-electron chi connectivity index (χ3n) is 7.75. The molecule has 2 fully saturated rings. The summed E-state index contributed by atoms with van der Waals surface area (Å²) in [7, 11) is 0. The molecule has 4 rings (SSSR count). The van der Waals surface area contributed by atoms with Gasteiger partial charge in [0, 0.05) is 44.1 Å². The second-order valence-electron chi connectivity index (χ2n) is 12.9. The molecule has 45 heavy (non-hydrogen) atoms. The van der Waals surface area contributed by atoms with Gasteiger partial charge >= 0.3 is 12.1 Å². The maximum absolute atomic E-state index is 13.8. The Kier molecular flexibility index (Phi) is 11.0. The quantitative estimate of drug-likeness (QED) is 0.387. The van der Waals surface area contributed by atoms with Crippen molar-refractivity contribution in [2.75, 3.05) is 26.2 Å². The van der Waals surface area contributed by atoms with Gasteiger partial charge in [-0.2, -0.15) is 0 Å². The number of piperazine rings is 1. The van der Waals surface area contributed by atoms with Gasteiger partial charge in [-0.25, -0.2) is 14.8 Å². The van der Waals surface area contributed by atoms with Crippen molar-refractivity contribution < 1.29 is 33.8 Å². The van der Waals surface area contributed by atoms with Crippen LogP contribution in [0.25, 0.3) is 11.4 Å². The summed E-state index contributed by atoms with van der Waals surface area (Å²) < 4.78 is 10.7. The van der Waals surface area contributed by atoms with Gasteiger partial charge in [0.15, 0.2) is 17.3 Å². The van der Waals surface area contributed by atoms with Crippen LogP contribution in [0.2, 0.25) is 0 Å². The van der Waals surface area contributed by atoms with Gasteiger partial charge in [0.1, 0.15) is 11.6 Å². The fourth-order valence-electron chi connectivity index (χ4n) is 5.58. The summed E-state index contributed by atoms with van der Waals surface area (Å²) >= 11 is 0. The lowest BCUT2D eigenvalue weighted by molar-refractivity contribution is -0.155. The highest BCUT2D eigenvalue weighted by Gasteiger charge is 2.34. The maximum atomic E-state index is 13.8. The average molecular weight is 624 g/mol. The molecule has 1 aromatic carbocycles. The molecular formula is C33H45N5O7. The third-order valence-corrected chi connectivity index (χ3v) is 7.75. The minimum atomic E-state index is -1.11. The van der Waals surface area contributed by atoms with E-state index >= 15 is 0 Å². The Bertz CT molecular complexity index is 1360. The summed E-state index contributed by atoms with van der Waals surface area (Å²) in [5.41, 5.74) is 0.185. The molecule has 1 atom stereocenters. The molecule has 0 radical (unpaired) electrons. The molecule has 0 spiro atoms. The highest BCUT2D eigenvalue weighted by Crippen LogP contribution is 2.39. The smallest absolute Gasteiger partial charge is 0.410 e. The number of amides is 3. The van der Waals surface area contributed by atoms with Crippen LogP contribution in [0.4, 0.5) is 4.79 Å². The number of benzene rings is 1. The molecule has 1 aliphatic carbocycles. The molecule has 2 N–H and O–H groups in total. The van der Waals surface area contributed by atoms with Crippen LogP contribution < -0.4 is 5.32 Å². The second kappa shape index (κ2) is 14.7. The molecule has 3 amide bonds. The molecule has 2 aliphatic rings. The maximum Gasteiger partial charge on any atom is 0.410 e. The molecule has 1 saturated heterocycles. The second-order valence-corrected chi connectivity index (χ2v) is 12.9. The molecule has 244 valence electrons. The van der Waals surface area contributed by atoms with Gasteiger partial charge in [-0.05, 0) is 53.9 Å². The molecule has 1 aromatic heterocycles.